The van der Waals surface area contributed by atoms with Crippen LogP contribution in [0.1, 0.15) is 0 Å². The number of hydrogen-bond acceptors (Lipinski definition) is 1. The number of imidazole rings is 2. The van der Waals surface area contributed by atoms with Crippen LogP contribution in [0.3, 0.4) is 0 Å². The number of para-hydroxylation sites is 3. The third-order valence-corrected chi connectivity index (χ3v) is 5.88. The summed E-state index contributed by atoms with van der Waals surface area (Å²) in [6, 6.07) is 29.9. The number of H-pyrrole nitrogens is 2. The van der Waals surface area contributed by atoms with Crippen molar-refractivity contribution in [3.8, 4) is 11.1 Å². The third kappa shape index (κ3) is 2.00. The highest BCUT2D eigenvalue weighted by Gasteiger charge is 2.12. The number of aromatic amines is 2. The largest absolute Gasteiger partial charge is 0.355 e. The van der Waals surface area contributed by atoms with E-state index in [2.05, 4.69) is 87.2 Å². The predicted octanol–water partition coefficient (Wildman–Crippen LogP) is 6.27. The van der Waals surface area contributed by atoms with Crippen molar-refractivity contribution in [2.75, 3.05) is 0 Å². The zero-order valence-electron chi connectivity index (χ0n) is 15.5. The topological polar surface area (TPSA) is 48.9 Å². The molecule has 4 nitrogen and oxygen atoms in total. The SMILES string of the molecule is c1ccc2c(c1)nc1[nH]c3cc(-c4ccc5[nH]c6ccccc6c5c4)ccc3n12. The fourth-order valence-corrected chi connectivity index (χ4v) is 4.51. The van der Waals surface area contributed by atoms with Crippen LogP contribution in [-0.4, -0.2) is 19.4 Å². The molecule has 29 heavy (non-hydrogen) atoms. The number of aromatic nitrogens is 4. The molecule has 0 saturated heterocycles. The fraction of sp³-hybridized carbons (Fsp3) is 0. The maximum absolute atomic E-state index is 4.73. The maximum Gasteiger partial charge on any atom is 0.213 e. The minimum absolute atomic E-state index is 0.880. The molecule has 0 unspecified atom stereocenters. The molecule has 0 saturated carbocycles. The summed E-state index contributed by atoms with van der Waals surface area (Å²) in [6.07, 6.45) is 0. The van der Waals surface area contributed by atoms with Crippen LogP contribution >= 0.6 is 0 Å². The van der Waals surface area contributed by atoms with Crippen LogP contribution < -0.4 is 0 Å². The van der Waals surface area contributed by atoms with E-state index < -0.39 is 0 Å². The molecule has 0 amide bonds. The number of hydrogen-bond donors (Lipinski definition) is 2. The van der Waals surface area contributed by atoms with Gasteiger partial charge in [-0.25, -0.2) is 4.98 Å². The first kappa shape index (κ1) is 14.9. The standard InChI is InChI=1S/C25H16N4/c1-2-6-19-17(5-1)18-13-15(9-11-20(18)26-19)16-10-12-24-22(14-16)28-25-27-21-7-3-4-8-23(21)29(24)25/h1-14,26H,(H,27,28). The van der Waals surface area contributed by atoms with Crippen molar-refractivity contribution >= 4 is 49.7 Å². The highest BCUT2D eigenvalue weighted by molar-refractivity contribution is 6.08. The second-order valence-corrected chi connectivity index (χ2v) is 7.55. The average Bonchev–Trinajstić information content (AvgIpc) is 3.41. The van der Waals surface area contributed by atoms with Crippen molar-refractivity contribution in [3.05, 3.63) is 84.9 Å². The van der Waals surface area contributed by atoms with Gasteiger partial charge in [-0.05, 0) is 53.6 Å². The molecule has 0 fully saturated rings. The van der Waals surface area contributed by atoms with Crippen LogP contribution in [0.25, 0.3) is 60.8 Å². The van der Waals surface area contributed by atoms with Gasteiger partial charge in [0.05, 0.1) is 22.1 Å². The van der Waals surface area contributed by atoms with Crippen molar-refractivity contribution in [2.45, 2.75) is 0 Å². The molecule has 0 aliphatic heterocycles. The zero-order valence-corrected chi connectivity index (χ0v) is 15.5. The Kier molecular flexibility index (Phi) is 2.71. The minimum atomic E-state index is 0.880. The Morgan fingerprint density at radius 3 is 2.38 bits per heavy atom. The van der Waals surface area contributed by atoms with Crippen molar-refractivity contribution in [2.24, 2.45) is 0 Å². The molecule has 7 rings (SSSR count). The Labute approximate surface area is 165 Å². The van der Waals surface area contributed by atoms with E-state index in [9.17, 15) is 0 Å². The molecule has 3 heterocycles. The molecule has 0 bridgehead atoms. The molecule has 2 N–H and O–H groups in total. The summed E-state index contributed by atoms with van der Waals surface area (Å²) in [4.78, 5) is 11.7. The van der Waals surface area contributed by atoms with E-state index in [0.717, 1.165) is 27.8 Å². The molecule has 4 aromatic carbocycles. The van der Waals surface area contributed by atoms with Gasteiger partial charge >= 0.3 is 0 Å². The van der Waals surface area contributed by atoms with Gasteiger partial charge in [-0.3, -0.25) is 4.40 Å². The van der Waals surface area contributed by atoms with E-state index in [1.54, 1.807) is 0 Å². The van der Waals surface area contributed by atoms with Crippen LogP contribution in [0.4, 0.5) is 0 Å². The number of rotatable bonds is 1. The monoisotopic (exact) mass is 372 g/mol. The van der Waals surface area contributed by atoms with Crippen molar-refractivity contribution in [1.82, 2.24) is 19.4 Å². The third-order valence-electron chi connectivity index (χ3n) is 5.88. The van der Waals surface area contributed by atoms with Crippen molar-refractivity contribution in [3.63, 3.8) is 0 Å². The number of nitrogens with zero attached hydrogens (tertiary/aromatic N) is 2. The van der Waals surface area contributed by atoms with Gasteiger partial charge in [0.2, 0.25) is 5.78 Å². The molecule has 136 valence electrons. The first-order chi connectivity index (χ1) is 14.3. The first-order valence-electron chi connectivity index (χ1n) is 9.75. The molecule has 4 heteroatoms. The molecule has 0 aliphatic rings. The highest BCUT2D eigenvalue weighted by Crippen LogP contribution is 2.32. The van der Waals surface area contributed by atoms with Crippen LogP contribution in [0.2, 0.25) is 0 Å². The van der Waals surface area contributed by atoms with Crippen LogP contribution in [0.15, 0.2) is 84.9 Å². The second kappa shape index (κ2) is 5.26. The van der Waals surface area contributed by atoms with Crippen LogP contribution in [-0.2, 0) is 0 Å². The predicted molar refractivity (Wildman–Crippen MR) is 119 cm³/mol. The van der Waals surface area contributed by atoms with Gasteiger partial charge in [0.1, 0.15) is 0 Å². The Morgan fingerprint density at radius 1 is 0.586 bits per heavy atom. The Hall–Kier alpha value is -4.05. The molecule has 0 atom stereocenters. The van der Waals surface area contributed by atoms with Crippen LogP contribution in [0.5, 0.6) is 0 Å². The summed E-state index contributed by atoms with van der Waals surface area (Å²) >= 11 is 0. The molecular formula is C25H16N4. The normalized spacial score (nSPS) is 12.1. The van der Waals surface area contributed by atoms with E-state index >= 15 is 0 Å². The average molecular weight is 372 g/mol. The molecule has 3 aromatic heterocycles. The van der Waals surface area contributed by atoms with Gasteiger partial charge in [-0.15, -0.1) is 0 Å². The number of benzene rings is 4. The van der Waals surface area contributed by atoms with Crippen molar-refractivity contribution in [1.29, 1.82) is 0 Å². The zero-order chi connectivity index (χ0) is 18.9. The van der Waals surface area contributed by atoms with E-state index in [1.165, 1.54) is 32.9 Å². The fourth-order valence-electron chi connectivity index (χ4n) is 4.51. The van der Waals surface area contributed by atoms with E-state index in [4.69, 9.17) is 4.98 Å². The summed E-state index contributed by atoms with van der Waals surface area (Å²) < 4.78 is 2.19. The number of nitrogens with one attached hydrogen (secondary N) is 2. The van der Waals surface area contributed by atoms with Gasteiger partial charge in [-0.2, -0.15) is 0 Å². The number of fused-ring (bicyclic) bond motifs is 8. The van der Waals surface area contributed by atoms with Gasteiger partial charge in [-0.1, -0.05) is 42.5 Å². The molecular weight excluding hydrogens is 356 g/mol. The van der Waals surface area contributed by atoms with E-state index in [0.29, 0.717) is 0 Å². The molecule has 7 aromatic rings. The summed E-state index contributed by atoms with van der Waals surface area (Å²) in [5, 5.41) is 2.51. The molecule has 0 radical (unpaired) electrons. The first-order valence-corrected chi connectivity index (χ1v) is 9.75. The molecule has 0 spiro atoms. The Bertz CT molecular complexity index is 1710. The van der Waals surface area contributed by atoms with Crippen LogP contribution in [0, 0.1) is 0 Å². The lowest BCUT2D eigenvalue weighted by molar-refractivity contribution is 1.28. The van der Waals surface area contributed by atoms with E-state index in [-0.39, 0.29) is 0 Å². The van der Waals surface area contributed by atoms with Gasteiger partial charge in [0.25, 0.3) is 0 Å². The highest BCUT2D eigenvalue weighted by atomic mass is 15.1. The van der Waals surface area contributed by atoms with E-state index in [1.807, 2.05) is 12.1 Å². The summed E-state index contributed by atoms with van der Waals surface area (Å²) in [5.41, 5.74) is 9.12. The quantitative estimate of drug-likeness (QED) is 0.350. The van der Waals surface area contributed by atoms with Gasteiger partial charge in [0.15, 0.2) is 0 Å². The Balaban J connectivity index is 1.46. The minimum Gasteiger partial charge on any atom is -0.355 e. The summed E-state index contributed by atoms with van der Waals surface area (Å²) in [5.74, 6) is 0.880. The lowest BCUT2D eigenvalue weighted by Crippen LogP contribution is -1.82. The Morgan fingerprint density at radius 2 is 1.38 bits per heavy atom. The van der Waals surface area contributed by atoms with Crippen molar-refractivity contribution < 1.29 is 0 Å². The molecule has 0 aliphatic carbocycles. The lowest BCUT2D eigenvalue weighted by Gasteiger charge is -2.03. The smallest absolute Gasteiger partial charge is 0.213 e. The lowest BCUT2D eigenvalue weighted by atomic mass is 10.0. The van der Waals surface area contributed by atoms with Gasteiger partial charge in [0, 0.05) is 21.8 Å². The van der Waals surface area contributed by atoms with Gasteiger partial charge < -0.3 is 9.97 Å². The summed E-state index contributed by atoms with van der Waals surface area (Å²) in [7, 11) is 0. The second-order valence-electron chi connectivity index (χ2n) is 7.55. The summed E-state index contributed by atoms with van der Waals surface area (Å²) in [6.45, 7) is 0. The maximum atomic E-state index is 4.73.